The smallest absolute Gasteiger partial charge is 0.0780 e. The molecule has 2 atom stereocenters. The van der Waals surface area contributed by atoms with Gasteiger partial charge >= 0.3 is 0 Å². The average molecular weight is 130 g/mol. The van der Waals surface area contributed by atoms with Crippen molar-refractivity contribution in [3.05, 3.63) is 0 Å². The molecule has 0 spiro atoms. The maximum Gasteiger partial charge on any atom is 0.0780 e. The molecule has 0 saturated carbocycles. The summed E-state index contributed by atoms with van der Waals surface area (Å²) in [6.07, 6.45) is 1.70. The molecule has 0 aromatic rings. The van der Waals surface area contributed by atoms with Crippen LogP contribution in [-0.4, -0.2) is 25.4 Å². The monoisotopic (exact) mass is 130 g/mol. The van der Waals surface area contributed by atoms with Gasteiger partial charge in [0.25, 0.3) is 0 Å². The molecule has 0 amide bonds. The number of hydrogen-bond acceptors (Lipinski definition) is 2. The van der Waals surface area contributed by atoms with Crippen LogP contribution in [0.1, 0.15) is 20.3 Å². The Morgan fingerprint density at radius 2 is 1.89 bits per heavy atom. The summed E-state index contributed by atoms with van der Waals surface area (Å²) < 4.78 is 10.7. The molecule has 0 bridgehead atoms. The maximum absolute atomic E-state index is 5.39. The fraction of sp³-hybridized carbons (Fsp3) is 1.00. The Labute approximate surface area is 56.2 Å². The molecule has 0 aliphatic carbocycles. The second kappa shape index (κ2) is 3.18. The summed E-state index contributed by atoms with van der Waals surface area (Å²) in [5.41, 5.74) is 0. The molecule has 1 heterocycles. The Morgan fingerprint density at radius 3 is 2.67 bits per heavy atom. The number of ether oxygens (including phenoxy) is 2. The number of rotatable bonds is 0. The van der Waals surface area contributed by atoms with Crippen LogP contribution in [0, 0.1) is 0 Å². The van der Waals surface area contributed by atoms with Crippen molar-refractivity contribution < 1.29 is 9.47 Å². The van der Waals surface area contributed by atoms with E-state index in [4.69, 9.17) is 9.47 Å². The highest BCUT2D eigenvalue weighted by Crippen LogP contribution is 2.06. The Kier molecular flexibility index (Phi) is 2.49. The van der Waals surface area contributed by atoms with Crippen LogP contribution < -0.4 is 0 Å². The molecule has 1 saturated heterocycles. The predicted molar refractivity (Wildman–Crippen MR) is 35.4 cm³/mol. The van der Waals surface area contributed by atoms with Crippen LogP contribution >= 0.6 is 0 Å². The van der Waals surface area contributed by atoms with E-state index >= 15 is 0 Å². The van der Waals surface area contributed by atoms with Crippen LogP contribution in [-0.2, 0) is 9.47 Å². The molecule has 1 rings (SSSR count). The van der Waals surface area contributed by atoms with Gasteiger partial charge in [0.05, 0.1) is 18.8 Å². The van der Waals surface area contributed by atoms with Gasteiger partial charge in [0.2, 0.25) is 0 Å². The molecule has 0 aromatic carbocycles. The minimum atomic E-state index is 0.287. The first kappa shape index (κ1) is 7.03. The molecule has 2 unspecified atom stereocenters. The lowest BCUT2D eigenvalue weighted by Gasteiger charge is -2.07. The van der Waals surface area contributed by atoms with Crippen LogP contribution in [0.15, 0.2) is 0 Å². The Morgan fingerprint density at radius 1 is 1.11 bits per heavy atom. The van der Waals surface area contributed by atoms with E-state index in [-0.39, 0.29) is 6.10 Å². The number of hydrogen-bond donors (Lipinski definition) is 0. The molecule has 2 nitrogen and oxygen atoms in total. The first-order valence-electron chi connectivity index (χ1n) is 3.52. The van der Waals surface area contributed by atoms with Crippen LogP contribution in [0.25, 0.3) is 0 Å². The highest BCUT2D eigenvalue weighted by molar-refractivity contribution is 4.57. The third kappa shape index (κ3) is 2.33. The predicted octanol–water partition coefficient (Wildman–Crippen LogP) is 1.20. The summed E-state index contributed by atoms with van der Waals surface area (Å²) >= 11 is 0. The Hall–Kier alpha value is -0.0800. The Balaban J connectivity index is 2.25. The van der Waals surface area contributed by atoms with Crippen molar-refractivity contribution in [2.75, 3.05) is 13.2 Å². The van der Waals surface area contributed by atoms with Gasteiger partial charge in [0.1, 0.15) is 0 Å². The summed E-state index contributed by atoms with van der Waals surface area (Å²) in [5, 5.41) is 0. The van der Waals surface area contributed by atoms with Gasteiger partial charge in [-0.25, -0.2) is 0 Å². The second-order valence-corrected chi connectivity index (χ2v) is 2.61. The van der Waals surface area contributed by atoms with Crippen LogP contribution in [0.5, 0.6) is 0 Å². The van der Waals surface area contributed by atoms with Gasteiger partial charge in [-0.3, -0.25) is 0 Å². The highest BCUT2D eigenvalue weighted by atomic mass is 16.5. The van der Waals surface area contributed by atoms with Crippen molar-refractivity contribution in [3.63, 3.8) is 0 Å². The maximum atomic E-state index is 5.39. The molecule has 0 radical (unpaired) electrons. The van der Waals surface area contributed by atoms with Crippen LogP contribution in [0.4, 0.5) is 0 Å². The van der Waals surface area contributed by atoms with E-state index in [1.54, 1.807) is 0 Å². The van der Waals surface area contributed by atoms with Crippen molar-refractivity contribution in [1.82, 2.24) is 0 Å². The fourth-order valence-electron chi connectivity index (χ4n) is 0.866. The van der Waals surface area contributed by atoms with Crippen molar-refractivity contribution in [1.29, 1.82) is 0 Å². The summed E-state index contributed by atoms with van der Waals surface area (Å²) in [6.45, 7) is 5.73. The molecule has 2 heteroatoms. The molecule has 9 heavy (non-hydrogen) atoms. The largest absolute Gasteiger partial charge is 0.376 e. The minimum absolute atomic E-state index is 0.287. The first-order valence-corrected chi connectivity index (χ1v) is 3.52. The van der Waals surface area contributed by atoms with E-state index in [9.17, 15) is 0 Å². The molecule has 54 valence electrons. The summed E-state index contributed by atoms with van der Waals surface area (Å²) in [7, 11) is 0. The fourth-order valence-corrected chi connectivity index (χ4v) is 0.866. The van der Waals surface area contributed by atoms with Gasteiger partial charge in [-0.15, -0.1) is 0 Å². The molecular formula is C7H14O2. The van der Waals surface area contributed by atoms with Crippen molar-refractivity contribution >= 4 is 0 Å². The van der Waals surface area contributed by atoms with Crippen molar-refractivity contribution in [3.8, 4) is 0 Å². The average Bonchev–Trinajstić information content (AvgIpc) is 1.97. The summed E-state index contributed by atoms with van der Waals surface area (Å²) in [5.74, 6) is 0. The lowest BCUT2D eigenvalue weighted by atomic mass is 10.3. The van der Waals surface area contributed by atoms with Gasteiger partial charge in [0.15, 0.2) is 0 Å². The molecular weight excluding hydrogens is 116 g/mol. The van der Waals surface area contributed by atoms with Gasteiger partial charge in [-0.1, -0.05) is 0 Å². The van der Waals surface area contributed by atoms with E-state index in [1.807, 2.05) is 6.92 Å². The lowest BCUT2D eigenvalue weighted by molar-refractivity contribution is 0.0210. The zero-order chi connectivity index (χ0) is 6.69. The van der Waals surface area contributed by atoms with Crippen LogP contribution in [0.2, 0.25) is 0 Å². The second-order valence-electron chi connectivity index (χ2n) is 2.61. The molecule has 0 aromatic heterocycles. The van der Waals surface area contributed by atoms with E-state index in [1.165, 1.54) is 0 Å². The normalized spacial score (nSPS) is 38.0. The third-order valence-corrected chi connectivity index (χ3v) is 1.54. The molecule has 1 fully saturated rings. The zero-order valence-electron chi connectivity index (χ0n) is 6.09. The minimum Gasteiger partial charge on any atom is -0.376 e. The van der Waals surface area contributed by atoms with E-state index in [0.717, 1.165) is 19.6 Å². The van der Waals surface area contributed by atoms with Gasteiger partial charge in [-0.2, -0.15) is 0 Å². The zero-order valence-corrected chi connectivity index (χ0v) is 6.09. The Bertz CT molecular complexity index is 73.0. The standard InChI is InChI=1S/C7H14O2/c1-6-3-4-8-7(2)5-9-6/h6-7H,3-5H2,1-2H3. The third-order valence-electron chi connectivity index (χ3n) is 1.54. The molecule has 1 aliphatic rings. The summed E-state index contributed by atoms with van der Waals surface area (Å²) in [4.78, 5) is 0. The van der Waals surface area contributed by atoms with Gasteiger partial charge in [-0.05, 0) is 20.3 Å². The van der Waals surface area contributed by atoms with Gasteiger partial charge < -0.3 is 9.47 Å². The van der Waals surface area contributed by atoms with Gasteiger partial charge in [0, 0.05) is 6.61 Å². The van der Waals surface area contributed by atoms with Crippen molar-refractivity contribution in [2.24, 2.45) is 0 Å². The molecule has 1 aliphatic heterocycles. The quantitative estimate of drug-likeness (QED) is 0.490. The van der Waals surface area contributed by atoms with E-state index in [0.29, 0.717) is 6.10 Å². The summed E-state index contributed by atoms with van der Waals surface area (Å²) in [6, 6.07) is 0. The first-order chi connectivity index (χ1) is 4.29. The van der Waals surface area contributed by atoms with Crippen molar-refractivity contribution in [2.45, 2.75) is 32.5 Å². The lowest BCUT2D eigenvalue weighted by Crippen LogP contribution is -2.13. The van der Waals surface area contributed by atoms with E-state index < -0.39 is 0 Å². The SMILES string of the molecule is CC1CCOC(C)CO1. The topological polar surface area (TPSA) is 18.5 Å². The molecule has 0 N–H and O–H groups in total. The highest BCUT2D eigenvalue weighted by Gasteiger charge is 2.11. The van der Waals surface area contributed by atoms with Crippen LogP contribution in [0.3, 0.4) is 0 Å². The van der Waals surface area contributed by atoms with E-state index in [2.05, 4.69) is 6.92 Å².